The number of thioether (sulfide) groups is 2. The second-order valence-electron chi connectivity index (χ2n) is 16.0. The Bertz CT molecular complexity index is 2560. The van der Waals surface area contributed by atoms with E-state index in [4.69, 9.17) is 14.2 Å². The van der Waals surface area contributed by atoms with Crippen molar-refractivity contribution in [2.24, 2.45) is 0 Å². The minimum Gasteiger partial charge on any atom is -0.493 e. The maximum atomic E-state index is 13.0. The normalized spacial score (nSPS) is 12.9. The van der Waals surface area contributed by atoms with E-state index in [1.54, 1.807) is 42.0 Å². The standard InChI is InChI=1S/C28H32F3N3O4S.C21H21F3N2OS.2ClH/c1-37-25-17-20(19-33-12-4-2-5-13-33)16-24(34(35)36)27(25)38-14-6-3-7-15-39-26-10-11-32-23-18-21(28(29,30)31)8-9-22(23)26;1-15-5-7-17(14-26-15)27-11-3-2-4-12-28-20-9-10-25-19-13-16(21(22,23)24)6-8-18(19)20;;/h8-11,16-18H,2-7,12-15,19H2,1H3;5-10,13-14H,2-4,11-12H2,1H3;2*1H. The van der Waals surface area contributed by atoms with Gasteiger partial charge in [0.25, 0.3) is 0 Å². The summed E-state index contributed by atoms with van der Waals surface area (Å²) in [6, 6.07) is 18.3. The molecule has 0 atom stereocenters. The molecule has 3 aromatic carbocycles. The van der Waals surface area contributed by atoms with Gasteiger partial charge in [-0.05, 0) is 143 Å². The molecule has 0 spiro atoms. The number of nitro groups is 1. The third-order valence-corrected chi connectivity index (χ3v) is 13.2. The van der Waals surface area contributed by atoms with Gasteiger partial charge in [0, 0.05) is 51.3 Å². The SMILES string of the molecule is COc1cc(CN2CCCCC2)cc([N+](=O)[O-])c1OCCCCCSc1ccnc2cc(C(F)(F)F)ccc12.Cc1ccc(OCCCCCSc2ccnc3cc(C(F)(F)F)ccc23)cn1.Cl.Cl. The number of alkyl halides is 6. The molecule has 6 aromatic rings. The van der Waals surface area contributed by atoms with Crippen LogP contribution in [-0.4, -0.2) is 69.7 Å². The highest BCUT2D eigenvalue weighted by molar-refractivity contribution is 7.99. The molecule has 1 fully saturated rings. The summed E-state index contributed by atoms with van der Waals surface area (Å²) < 4.78 is 94.5. The first kappa shape index (κ1) is 56.8. The topological polar surface area (TPSA) is 113 Å². The van der Waals surface area contributed by atoms with E-state index in [9.17, 15) is 36.5 Å². The number of hydrogen-bond donors (Lipinski definition) is 0. The molecular formula is C49H55Cl2F6N5O5S2. The van der Waals surface area contributed by atoms with Gasteiger partial charge in [-0.15, -0.1) is 48.3 Å². The average Bonchev–Trinajstić information content (AvgIpc) is 3.31. The van der Waals surface area contributed by atoms with Crippen LogP contribution in [0, 0.1) is 17.0 Å². The summed E-state index contributed by atoms with van der Waals surface area (Å²) >= 11 is 3.22. The van der Waals surface area contributed by atoms with E-state index in [0.717, 1.165) is 126 Å². The number of hydrogen-bond acceptors (Lipinski definition) is 11. The van der Waals surface area contributed by atoms with E-state index >= 15 is 0 Å². The smallest absolute Gasteiger partial charge is 0.416 e. The third-order valence-electron chi connectivity index (χ3n) is 10.9. The molecule has 0 saturated carbocycles. The van der Waals surface area contributed by atoms with Gasteiger partial charge < -0.3 is 14.2 Å². The number of pyridine rings is 3. The zero-order valence-corrected chi connectivity index (χ0v) is 41.4. The largest absolute Gasteiger partial charge is 0.493 e. The number of nitrogens with zero attached hydrogens (tertiary/aromatic N) is 5. The van der Waals surface area contributed by atoms with Gasteiger partial charge in [0.05, 0.1) is 53.6 Å². The highest BCUT2D eigenvalue weighted by Gasteiger charge is 2.32. The van der Waals surface area contributed by atoms with E-state index in [1.807, 2.05) is 37.3 Å². The summed E-state index contributed by atoms with van der Waals surface area (Å²) in [5.41, 5.74) is 1.03. The lowest BCUT2D eigenvalue weighted by Crippen LogP contribution is -2.29. The zero-order valence-electron chi connectivity index (χ0n) is 38.2. The summed E-state index contributed by atoms with van der Waals surface area (Å²) in [5.74, 6) is 2.97. The monoisotopic (exact) mass is 1040 g/mol. The fraction of sp³-hybridized carbons (Fsp3) is 0.408. The maximum absolute atomic E-state index is 13.0. The number of likely N-dealkylation sites (tertiary alicyclic amines) is 1. The fourth-order valence-electron chi connectivity index (χ4n) is 7.42. The first-order chi connectivity index (χ1) is 32.2. The fourth-order valence-corrected chi connectivity index (χ4v) is 9.53. The molecular weight excluding hydrogens is 988 g/mol. The first-order valence-corrected chi connectivity index (χ1v) is 24.1. The van der Waals surface area contributed by atoms with Gasteiger partial charge in [-0.1, -0.05) is 18.6 Å². The Morgan fingerprint density at radius 1 is 0.681 bits per heavy atom. The van der Waals surface area contributed by atoms with Gasteiger partial charge in [0.1, 0.15) is 5.75 Å². The van der Waals surface area contributed by atoms with Crippen LogP contribution in [0.25, 0.3) is 21.8 Å². The van der Waals surface area contributed by atoms with Gasteiger partial charge in [-0.2, -0.15) is 26.3 Å². The van der Waals surface area contributed by atoms with Crippen LogP contribution in [0.15, 0.2) is 101 Å². The van der Waals surface area contributed by atoms with Crippen LogP contribution < -0.4 is 14.2 Å². The zero-order chi connectivity index (χ0) is 47.8. The van der Waals surface area contributed by atoms with Crippen molar-refractivity contribution in [3.8, 4) is 17.2 Å². The quantitative estimate of drug-likeness (QED) is 0.0239. The van der Waals surface area contributed by atoms with Crippen molar-refractivity contribution in [2.75, 3.05) is 44.9 Å². The summed E-state index contributed by atoms with van der Waals surface area (Å²) in [4.78, 5) is 27.9. The molecule has 0 N–H and O–H groups in total. The van der Waals surface area contributed by atoms with E-state index < -0.39 is 28.4 Å². The number of methoxy groups -OCH3 is 1. The van der Waals surface area contributed by atoms with E-state index in [2.05, 4.69) is 19.9 Å². The van der Waals surface area contributed by atoms with Crippen LogP contribution in [0.3, 0.4) is 0 Å². The molecule has 4 heterocycles. The Morgan fingerprint density at radius 3 is 1.72 bits per heavy atom. The molecule has 1 aliphatic heterocycles. The van der Waals surface area contributed by atoms with Gasteiger partial charge in [-0.25, -0.2) is 0 Å². The highest BCUT2D eigenvalue weighted by Crippen LogP contribution is 2.40. The van der Waals surface area contributed by atoms with Crippen molar-refractivity contribution in [3.05, 3.63) is 124 Å². The molecule has 374 valence electrons. The van der Waals surface area contributed by atoms with E-state index in [0.29, 0.717) is 48.3 Å². The Hall–Kier alpha value is -4.75. The number of benzene rings is 3. The van der Waals surface area contributed by atoms with Gasteiger partial charge in [-0.3, -0.25) is 30.0 Å². The van der Waals surface area contributed by atoms with Crippen LogP contribution in [0.2, 0.25) is 0 Å². The van der Waals surface area contributed by atoms with Crippen molar-refractivity contribution >= 4 is 75.8 Å². The Labute approximate surface area is 418 Å². The Morgan fingerprint density at radius 2 is 1.23 bits per heavy atom. The molecule has 7 rings (SSSR count). The lowest BCUT2D eigenvalue weighted by atomic mass is 10.1. The van der Waals surface area contributed by atoms with Crippen LogP contribution in [0.5, 0.6) is 17.2 Å². The molecule has 10 nitrogen and oxygen atoms in total. The average molecular weight is 1040 g/mol. The van der Waals surface area contributed by atoms with Gasteiger partial charge in [0.15, 0.2) is 5.75 Å². The minimum atomic E-state index is -4.40. The Kier molecular flexibility index (Phi) is 22.7. The summed E-state index contributed by atoms with van der Waals surface area (Å²) in [7, 11) is 1.49. The number of ether oxygens (including phenoxy) is 3. The van der Waals surface area contributed by atoms with Crippen LogP contribution >= 0.6 is 48.3 Å². The summed E-state index contributed by atoms with van der Waals surface area (Å²) in [6.45, 7) is 5.51. The first-order valence-electron chi connectivity index (χ1n) is 22.1. The molecule has 20 heteroatoms. The molecule has 0 bridgehead atoms. The Balaban J connectivity index is 0.000000307. The molecule has 0 aliphatic carbocycles. The van der Waals surface area contributed by atoms with Gasteiger partial charge >= 0.3 is 18.0 Å². The number of fused-ring (bicyclic) bond motifs is 2. The van der Waals surface area contributed by atoms with Crippen LogP contribution in [-0.2, 0) is 18.9 Å². The summed E-state index contributed by atoms with van der Waals surface area (Å²) in [6.07, 6.45) is 4.91. The van der Waals surface area contributed by atoms with Crippen molar-refractivity contribution in [1.29, 1.82) is 0 Å². The lowest BCUT2D eigenvalue weighted by Gasteiger charge is -2.26. The molecule has 0 amide bonds. The molecule has 3 aromatic heterocycles. The minimum absolute atomic E-state index is 0. The molecule has 1 aliphatic rings. The molecule has 69 heavy (non-hydrogen) atoms. The van der Waals surface area contributed by atoms with Gasteiger partial charge in [0.2, 0.25) is 5.75 Å². The van der Waals surface area contributed by atoms with Crippen molar-refractivity contribution in [2.45, 2.75) is 93.4 Å². The highest BCUT2D eigenvalue weighted by atomic mass is 35.5. The predicted molar refractivity (Wildman–Crippen MR) is 266 cm³/mol. The van der Waals surface area contributed by atoms with Crippen LogP contribution in [0.1, 0.15) is 80.2 Å². The summed E-state index contributed by atoms with van der Waals surface area (Å²) in [5, 5.41) is 13.3. The molecule has 0 radical (unpaired) electrons. The lowest BCUT2D eigenvalue weighted by molar-refractivity contribution is -0.386. The number of unbranched alkanes of at least 4 members (excludes halogenated alkanes) is 4. The van der Waals surface area contributed by atoms with Crippen molar-refractivity contribution in [1.82, 2.24) is 19.9 Å². The van der Waals surface area contributed by atoms with Crippen molar-refractivity contribution < 1.29 is 45.5 Å². The number of nitro benzene ring substituents is 1. The second kappa shape index (κ2) is 27.6. The number of aromatic nitrogens is 3. The number of rotatable bonds is 20. The predicted octanol–water partition coefficient (Wildman–Crippen LogP) is 14.6. The van der Waals surface area contributed by atoms with Crippen LogP contribution in [0.4, 0.5) is 32.0 Å². The van der Waals surface area contributed by atoms with E-state index in [1.165, 1.54) is 31.9 Å². The number of halogens is 8. The third kappa shape index (κ3) is 17.3. The maximum Gasteiger partial charge on any atom is 0.416 e. The second-order valence-corrected chi connectivity index (χ2v) is 18.2. The number of piperidine rings is 1. The molecule has 1 saturated heterocycles. The van der Waals surface area contributed by atoms with E-state index in [-0.39, 0.29) is 36.3 Å². The molecule has 0 unspecified atom stereocenters. The number of aryl methyl sites for hydroxylation is 1. The van der Waals surface area contributed by atoms with Crippen molar-refractivity contribution in [3.63, 3.8) is 0 Å².